The van der Waals surface area contributed by atoms with E-state index < -0.39 is 0 Å². The van der Waals surface area contributed by atoms with Gasteiger partial charge < -0.3 is 19.9 Å². The fourth-order valence-corrected chi connectivity index (χ4v) is 3.83. The second-order valence-electron chi connectivity index (χ2n) is 7.36. The molecular weight excluding hydrogens is 374 g/mol. The lowest BCUT2D eigenvalue weighted by molar-refractivity contribution is -0.914. The van der Waals surface area contributed by atoms with Crippen LogP contribution >= 0.6 is 11.6 Å². The van der Waals surface area contributed by atoms with Crippen LogP contribution in [0.1, 0.15) is 18.1 Å². The molecule has 2 N–H and O–H groups in total. The standard InChI is InChI=1S/C22H28ClN3O2/c1-16-4-7-19(23)14-21(16)26-12-10-25(11-13-26)17(2)22(27)24-15-18-5-8-20(28-3)9-6-18/h4-9,14,17H,10-13,15H2,1-3H3,(H,24,27)/p+1/t17-/m0/s1. The summed E-state index contributed by atoms with van der Waals surface area (Å²) >= 11 is 6.17. The number of hydrogen-bond acceptors (Lipinski definition) is 3. The Bertz CT molecular complexity index is 802. The van der Waals surface area contributed by atoms with Crippen LogP contribution in [0, 0.1) is 6.92 Å². The summed E-state index contributed by atoms with van der Waals surface area (Å²) in [5.41, 5.74) is 3.50. The van der Waals surface area contributed by atoms with Crippen LogP contribution < -0.4 is 19.9 Å². The smallest absolute Gasteiger partial charge is 0.278 e. The van der Waals surface area contributed by atoms with Crippen LogP contribution in [0.3, 0.4) is 0 Å². The molecule has 2 aromatic carbocycles. The summed E-state index contributed by atoms with van der Waals surface area (Å²) in [5.74, 6) is 0.916. The minimum atomic E-state index is -0.0687. The normalized spacial score (nSPS) is 15.9. The SMILES string of the molecule is COc1ccc(CNC(=O)[C@H](C)[NH+]2CCN(c3cc(Cl)ccc3C)CC2)cc1. The molecule has 0 aromatic heterocycles. The molecule has 6 heteroatoms. The first-order valence-electron chi connectivity index (χ1n) is 9.74. The van der Waals surface area contributed by atoms with Crippen LogP contribution in [0.4, 0.5) is 5.69 Å². The zero-order valence-electron chi connectivity index (χ0n) is 16.8. The van der Waals surface area contributed by atoms with E-state index in [1.807, 2.05) is 43.3 Å². The van der Waals surface area contributed by atoms with Gasteiger partial charge in [-0.05, 0) is 49.2 Å². The Morgan fingerprint density at radius 3 is 2.54 bits per heavy atom. The molecular formula is C22H29ClN3O2+. The summed E-state index contributed by atoms with van der Waals surface area (Å²) in [5, 5.41) is 3.83. The van der Waals surface area contributed by atoms with Crippen LogP contribution in [0.15, 0.2) is 42.5 Å². The van der Waals surface area contributed by atoms with Crippen molar-refractivity contribution < 1.29 is 14.4 Å². The van der Waals surface area contributed by atoms with Crippen LogP contribution in [-0.2, 0) is 11.3 Å². The number of ether oxygens (including phenoxy) is 1. The fourth-order valence-electron chi connectivity index (χ4n) is 3.66. The molecule has 5 nitrogen and oxygen atoms in total. The first-order valence-corrected chi connectivity index (χ1v) is 10.1. The lowest BCUT2D eigenvalue weighted by Crippen LogP contribution is -3.19. The van der Waals surface area contributed by atoms with Crippen molar-refractivity contribution in [2.24, 2.45) is 0 Å². The molecule has 1 saturated heterocycles. The Hall–Kier alpha value is -2.24. The summed E-state index contributed by atoms with van der Waals surface area (Å²) in [4.78, 5) is 16.3. The molecule has 1 amide bonds. The highest BCUT2D eigenvalue weighted by molar-refractivity contribution is 6.30. The predicted octanol–water partition coefficient (Wildman–Crippen LogP) is 2.07. The molecule has 0 saturated carbocycles. The number of quaternary nitrogens is 1. The number of piperazine rings is 1. The van der Waals surface area contributed by atoms with E-state index in [0.29, 0.717) is 6.54 Å². The molecule has 0 bridgehead atoms. The molecule has 1 heterocycles. The third-order valence-electron chi connectivity index (χ3n) is 5.55. The van der Waals surface area contributed by atoms with E-state index >= 15 is 0 Å². The van der Waals surface area contributed by atoms with E-state index in [-0.39, 0.29) is 11.9 Å². The summed E-state index contributed by atoms with van der Waals surface area (Å²) in [6.07, 6.45) is 0. The Kier molecular flexibility index (Phi) is 6.81. The maximum absolute atomic E-state index is 12.6. The number of benzene rings is 2. The third kappa shape index (κ3) is 4.97. The van der Waals surface area contributed by atoms with Gasteiger partial charge in [-0.25, -0.2) is 0 Å². The van der Waals surface area contributed by atoms with E-state index in [2.05, 4.69) is 23.2 Å². The Balaban J connectivity index is 1.50. The summed E-state index contributed by atoms with van der Waals surface area (Å²) in [6.45, 7) is 8.37. The highest BCUT2D eigenvalue weighted by Crippen LogP contribution is 2.24. The minimum absolute atomic E-state index is 0.0687. The Labute approximate surface area is 172 Å². The molecule has 1 aliphatic heterocycles. The fraction of sp³-hybridized carbons (Fsp3) is 0.409. The van der Waals surface area contributed by atoms with Crippen LogP contribution in [0.2, 0.25) is 5.02 Å². The molecule has 28 heavy (non-hydrogen) atoms. The van der Waals surface area contributed by atoms with Crippen molar-refractivity contribution in [2.75, 3.05) is 38.2 Å². The quantitative estimate of drug-likeness (QED) is 0.777. The number of carbonyl (C=O) groups is 1. The predicted molar refractivity (Wildman–Crippen MR) is 113 cm³/mol. The van der Waals surface area contributed by atoms with Gasteiger partial charge in [0.05, 0.1) is 33.3 Å². The minimum Gasteiger partial charge on any atom is -0.497 e. The summed E-state index contributed by atoms with van der Waals surface area (Å²) < 4.78 is 5.16. The monoisotopic (exact) mass is 402 g/mol. The van der Waals surface area contributed by atoms with E-state index in [0.717, 1.165) is 42.5 Å². The van der Waals surface area contributed by atoms with Crippen LogP contribution in [0.25, 0.3) is 0 Å². The summed E-state index contributed by atoms with van der Waals surface area (Å²) in [6, 6.07) is 13.7. The maximum Gasteiger partial charge on any atom is 0.278 e. The second kappa shape index (κ2) is 9.30. The highest BCUT2D eigenvalue weighted by atomic mass is 35.5. The molecule has 150 valence electrons. The molecule has 1 fully saturated rings. The number of halogens is 1. The average Bonchev–Trinajstić information content (AvgIpc) is 2.73. The van der Waals surface area contributed by atoms with Gasteiger partial charge >= 0.3 is 0 Å². The molecule has 0 radical (unpaired) electrons. The number of amides is 1. The van der Waals surface area contributed by atoms with E-state index in [1.165, 1.54) is 16.2 Å². The number of rotatable bonds is 6. The number of nitrogens with zero attached hydrogens (tertiary/aromatic N) is 1. The van der Waals surface area contributed by atoms with E-state index in [9.17, 15) is 4.79 Å². The molecule has 1 aliphatic rings. The van der Waals surface area contributed by atoms with Gasteiger partial charge in [-0.2, -0.15) is 0 Å². The zero-order chi connectivity index (χ0) is 20.1. The highest BCUT2D eigenvalue weighted by Gasteiger charge is 2.29. The first-order chi connectivity index (χ1) is 13.5. The molecule has 1 atom stereocenters. The van der Waals surface area contributed by atoms with Gasteiger partial charge in [0.2, 0.25) is 0 Å². The van der Waals surface area contributed by atoms with Gasteiger partial charge in [0.25, 0.3) is 5.91 Å². The van der Waals surface area contributed by atoms with Crippen molar-refractivity contribution in [3.8, 4) is 5.75 Å². The summed E-state index contributed by atoms with van der Waals surface area (Å²) in [7, 11) is 1.65. The molecule has 0 spiro atoms. The lowest BCUT2D eigenvalue weighted by Gasteiger charge is -2.36. The van der Waals surface area contributed by atoms with Crippen molar-refractivity contribution in [3.05, 3.63) is 58.6 Å². The second-order valence-corrected chi connectivity index (χ2v) is 7.80. The molecule has 3 rings (SSSR count). The number of aryl methyl sites for hydroxylation is 1. The molecule has 0 aliphatic carbocycles. The van der Waals surface area contributed by atoms with Gasteiger partial charge in [-0.3, -0.25) is 4.79 Å². The van der Waals surface area contributed by atoms with E-state index in [1.54, 1.807) is 7.11 Å². The number of hydrogen-bond donors (Lipinski definition) is 2. The van der Waals surface area contributed by atoms with Crippen molar-refractivity contribution in [1.82, 2.24) is 5.32 Å². The maximum atomic E-state index is 12.6. The van der Waals surface area contributed by atoms with Crippen molar-refractivity contribution in [2.45, 2.75) is 26.4 Å². The Morgan fingerprint density at radius 2 is 1.89 bits per heavy atom. The lowest BCUT2D eigenvalue weighted by atomic mass is 10.1. The third-order valence-corrected chi connectivity index (χ3v) is 5.78. The first kappa shape index (κ1) is 20.5. The largest absolute Gasteiger partial charge is 0.497 e. The van der Waals surface area contributed by atoms with Gasteiger partial charge in [-0.1, -0.05) is 29.8 Å². The van der Waals surface area contributed by atoms with Crippen molar-refractivity contribution >= 4 is 23.2 Å². The van der Waals surface area contributed by atoms with Crippen molar-refractivity contribution in [3.63, 3.8) is 0 Å². The molecule has 2 aromatic rings. The van der Waals surface area contributed by atoms with Gasteiger partial charge in [0.1, 0.15) is 5.75 Å². The number of nitrogens with one attached hydrogen (secondary N) is 2. The van der Waals surface area contributed by atoms with Gasteiger partial charge in [0, 0.05) is 17.3 Å². The number of anilines is 1. The molecule has 0 unspecified atom stereocenters. The zero-order valence-corrected chi connectivity index (χ0v) is 17.6. The average molecular weight is 403 g/mol. The van der Waals surface area contributed by atoms with E-state index in [4.69, 9.17) is 16.3 Å². The Morgan fingerprint density at radius 1 is 1.21 bits per heavy atom. The van der Waals surface area contributed by atoms with Crippen LogP contribution in [0.5, 0.6) is 5.75 Å². The topological polar surface area (TPSA) is 46.0 Å². The number of carbonyl (C=O) groups excluding carboxylic acids is 1. The van der Waals surface area contributed by atoms with Gasteiger partial charge in [0.15, 0.2) is 6.04 Å². The number of methoxy groups -OCH3 is 1. The van der Waals surface area contributed by atoms with Crippen LogP contribution in [-0.4, -0.2) is 45.2 Å². The van der Waals surface area contributed by atoms with Crippen molar-refractivity contribution in [1.29, 1.82) is 0 Å². The van der Waals surface area contributed by atoms with Gasteiger partial charge in [-0.15, -0.1) is 0 Å².